The predicted molar refractivity (Wildman–Crippen MR) is 80.0 cm³/mol. The van der Waals surface area contributed by atoms with Crippen molar-refractivity contribution < 1.29 is 14.7 Å². The Labute approximate surface area is 125 Å². The van der Waals surface area contributed by atoms with Crippen molar-refractivity contribution in [3.05, 3.63) is 33.4 Å². The number of amides is 1. The SMILES string of the molecule is O=C(O)CCC1CCN(C(=O)c2ccc(I)cc2)C1. The summed E-state index contributed by atoms with van der Waals surface area (Å²) < 4.78 is 1.11. The van der Waals surface area contributed by atoms with E-state index in [9.17, 15) is 9.59 Å². The second-order valence-corrected chi connectivity index (χ2v) is 6.09. The van der Waals surface area contributed by atoms with Gasteiger partial charge in [-0.05, 0) is 65.6 Å². The lowest BCUT2D eigenvalue weighted by Crippen LogP contribution is -2.28. The van der Waals surface area contributed by atoms with Gasteiger partial charge < -0.3 is 10.0 Å². The normalized spacial score (nSPS) is 18.6. The molecule has 1 amide bonds. The highest BCUT2D eigenvalue weighted by atomic mass is 127. The van der Waals surface area contributed by atoms with Crippen molar-refractivity contribution in [1.82, 2.24) is 4.90 Å². The highest BCUT2D eigenvalue weighted by Gasteiger charge is 2.27. The van der Waals surface area contributed by atoms with E-state index in [1.54, 1.807) is 0 Å². The zero-order valence-electron chi connectivity index (χ0n) is 10.5. The summed E-state index contributed by atoms with van der Waals surface area (Å²) in [7, 11) is 0. The van der Waals surface area contributed by atoms with Gasteiger partial charge in [-0.3, -0.25) is 9.59 Å². The summed E-state index contributed by atoms with van der Waals surface area (Å²) in [4.78, 5) is 24.6. The molecule has 1 aromatic rings. The van der Waals surface area contributed by atoms with Crippen LogP contribution in [0.4, 0.5) is 0 Å². The van der Waals surface area contributed by atoms with E-state index in [0.29, 0.717) is 24.4 Å². The molecule has 0 spiro atoms. The molecule has 0 aromatic heterocycles. The number of hydrogen-bond acceptors (Lipinski definition) is 2. The van der Waals surface area contributed by atoms with Crippen molar-refractivity contribution >= 4 is 34.5 Å². The Bertz CT molecular complexity index is 472. The van der Waals surface area contributed by atoms with E-state index in [2.05, 4.69) is 22.6 Å². The van der Waals surface area contributed by atoms with Gasteiger partial charge >= 0.3 is 5.97 Å². The highest BCUT2D eigenvalue weighted by Crippen LogP contribution is 2.22. The van der Waals surface area contributed by atoms with Crippen LogP contribution in [0.15, 0.2) is 24.3 Å². The molecule has 5 heteroatoms. The van der Waals surface area contributed by atoms with E-state index in [4.69, 9.17) is 5.11 Å². The zero-order valence-corrected chi connectivity index (χ0v) is 12.7. The second-order valence-electron chi connectivity index (χ2n) is 4.85. The third kappa shape index (κ3) is 3.92. The van der Waals surface area contributed by atoms with Gasteiger partial charge in [0.25, 0.3) is 5.91 Å². The molecular formula is C14H16INO3. The summed E-state index contributed by atoms with van der Waals surface area (Å²) in [6, 6.07) is 7.53. The molecule has 1 aromatic carbocycles. The molecule has 1 saturated heterocycles. The Morgan fingerprint density at radius 1 is 1.32 bits per heavy atom. The number of benzene rings is 1. The smallest absolute Gasteiger partial charge is 0.303 e. The van der Waals surface area contributed by atoms with Crippen molar-refractivity contribution in [3.8, 4) is 0 Å². The number of nitrogens with zero attached hydrogens (tertiary/aromatic N) is 1. The topological polar surface area (TPSA) is 57.6 Å². The van der Waals surface area contributed by atoms with Gasteiger partial charge in [-0.1, -0.05) is 0 Å². The fraction of sp³-hybridized carbons (Fsp3) is 0.429. The average Bonchev–Trinajstić information content (AvgIpc) is 2.85. The standard InChI is InChI=1S/C14H16INO3/c15-12-4-2-11(3-5-12)14(19)16-8-7-10(9-16)1-6-13(17)18/h2-5,10H,1,6-9H2,(H,17,18). The molecule has 1 aliphatic rings. The quantitative estimate of drug-likeness (QED) is 0.826. The summed E-state index contributed by atoms with van der Waals surface area (Å²) >= 11 is 2.21. The minimum absolute atomic E-state index is 0.0502. The van der Waals surface area contributed by atoms with Crippen LogP contribution in [0.3, 0.4) is 0 Å². The first-order valence-corrected chi connectivity index (χ1v) is 7.41. The zero-order chi connectivity index (χ0) is 13.8. The van der Waals surface area contributed by atoms with E-state index < -0.39 is 5.97 Å². The van der Waals surface area contributed by atoms with Gasteiger partial charge in [-0.25, -0.2) is 0 Å². The lowest BCUT2D eigenvalue weighted by molar-refractivity contribution is -0.137. The molecule has 19 heavy (non-hydrogen) atoms. The molecule has 1 heterocycles. The number of carbonyl (C=O) groups excluding carboxylic acids is 1. The van der Waals surface area contributed by atoms with Gasteiger partial charge in [-0.15, -0.1) is 0 Å². The molecule has 1 unspecified atom stereocenters. The number of carboxylic acid groups (broad SMARTS) is 1. The fourth-order valence-electron chi connectivity index (χ4n) is 2.36. The molecule has 1 N–H and O–H groups in total. The summed E-state index contributed by atoms with van der Waals surface area (Å²) in [5, 5.41) is 8.67. The van der Waals surface area contributed by atoms with Gasteiger partial charge in [0.15, 0.2) is 0 Å². The van der Waals surface area contributed by atoms with Crippen molar-refractivity contribution in [3.63, 3.8) is 0 Å². The van der Waals surface area contributed by atoms with Gasteiger partial charge in [0, 0.05) is 28.6 Å². The molecular weight excluding hydrogens is 357 g/mol. The lowest BCUT2D eigenvalue weighted by Gasteiger charge is -2.16. The molecule has 4 nitrogen and oxygen atoms in total. The van der Waals surface area contributed by atoms with E-state index in [1.165, 1.54) is 0 Å². The lowest BCUT2D eigenvalue weighted by atomic mass is 10.0. The molecule has 102 valence electrons. The van der Waals surface area contributed by atoms with Crippen LogP contribution < -0.4 is 0 Å². The van der Waals surface area contributed by atoms with E-state index in [1.807, 2.05) is 29.2 Å². The number of hydrogen-bond donors (Lipinski definition) is 1. The largest absolute Gasteiger partial charge is 0.481 e. The molecule has 2 rings (SSSR count). The molecule has 0 aliphatic carbocycles. The van der Waals surface area contributed by atoms with Crippen LogP contribution in [-0.2, 0) is 4.79 Å². The number of carboxylic acids is 1. The third-order valence-electron chi connectivity index (χ3n) is 3.43. The van der Waals surface area contributed by atoms with Crippen molar-refractivity contribution in [2.75, 3.05) is 13.1 Å². The molecule has 0 bridgehead atoms. The Hall–Kier alpha value is -1.11. The Balaban J connectivity index is 1.91. The number of rotatable bonds is 4. The minimum atomic E-state index is -0.762. The number of likely N-dealkylation sites (tertiary alicyclic amines) is 1. The predicted octanol–water partition coefficient (Wildman–Crippen LogP) is 2.62. The van der Waals surface area contributed by atoms with Crippen molar-refractivity contribution in [1.29, 1.82) is 0 Å². The third-order valence-corrected chi connectivity index (χ3v) is 4.15. The average molecular weight is 373 g/mol. The van der Waals surface area contributed by atoms with Gasteiger partial charge in [0.2, 0.25) is 0 Å². The first-order chi connectivity index (χ1) is 9.06. The molecule has 1 fully saturated rings. The maximum atomic E-state index is 12.2. The maximum absolute atomic E-state index is 12.2. The van der Waals surface area contributed by atoms with Gasteiger partial charge in [0.05, 0.1) is 0 Å². The van der Waals surface area contributed by atoms with Crippen LogP contribution in [0.25, 0.3) is 0 Å². The summed E-state index contributed by atoms with van der Waals surface area (Å²) in [6.45, 7) is 1.41. The van der Waals surface area contributed by atoms with E-state index >= 15 is 0 Å². The second kappa shape index (κ2) is 6.36. The number of halogens is 1. The van der Waals surface area contributed by atoms with Crippen molar-refractivity contribution in [2.45, 2.75) is 19.3 Å². The minimum Gasteiger partial charge on any atom is -0.481 e. The molecule has 1 atom stereocenters. The Kier molecular flexibility index (Phi) is 4.79. The summed E-state index contributed by atoms with van der Waals surface area (Å²) in [5.41, 5.74) is 0.708. The monoisotopic (exact) mass is 373 g/mol. The Morgan fingerprint density at radius 2 is 2.00 bits per heavy atom. The summed E-state index contributed by atoms with van der Waals surface area (Å²) in [5.74, 6) is -0.388. The fourth-order valence-corrected chi connectivity index (χ4v) is 2.71. The Morgan fingerprint density at radius 3 is 2.63 bits per heavy atom. The molecule has 0 saturated carbocycles. The number of aliphatic carboxylic acids is 1. The molecule has 1 aliphatic heterocycles. The summed E-state index contributed by atoms with van der Waals surface area (Å²) in [6.07, 6.45) is 1.76. The first kappa shape index (κ1) is 14.3. The van der Waals surface area contributed by atoms with Crippen LogP contribution in [0.1, 0.15) is 29.6 Å². The van der Waals surface area contributed by atoms with E-state index in [0.717, 1.165) is 16.5 Å². The van der Waals surface area contributed by atoms with Crippen LogP contribution in [0.2, 0.25) is 0 Å². The van der Waals surface area contributed by atoms with Gasteiger partial charge in [0.1, 0.15) is 0 Å². The van der Waals surface area contributed by atoms with Crippen LogP contribution in [0.5, 0.6) is 0 Å². The highest BCUT2D eigenvalue weighted by molar-refractivity contribution is 14.1. The van der Waals surface area contributed by atoms with E-state index in [-0.39, 0.29) is 12.3 Å². The van der Waals surface area contributed by atoms with Crippen molar-refractivity contribution in [2.24, 2.45) is 5.92 Å². The first-order valence-electron chi connectivity index (χ1n) is 6.33. The van der Waals surface area contributed by atoms with Crippen LogP contribution in [0, 0.1) is 9.49 Å². The maximum Gasteiger partial charge on any atom is 0.303 e. The van der Waals surface area contributed by atoms with Crippen LogP contribution >= 0.6 is 22.6 Å². The number of carbonyl (C=O) groups is 2. The van der Waals surface area contributed by atoms with Crippen LogP contribution in [-0.4, -0.2) is 35.0 Å². The molecule has 0 radical (unpaired) electrons. The van der Waals surface area contributed by atoms with Gasteiger partial charge in [-0.2, -0.15) is 0 Å².